The second-order valence-corrected chi connectivity index (χ2v) is 6.22. The number of benzene rings is 1. The van der Waals surface area contributed by atoms with Crippen molar-refractivity contribution >= 4 is 17.5 Å². The Kier molecular flexibility index (Phi) is 5.74. The van der Waals surface area contributed by atoms with Gasteiger partial charge in [0.05, 0.1) is 12.6 Å². The van der Waals surface area contributed by atoms with E-state index >= 15 is 0 Å². The monoisotopic (exact) mass is 319 g/mol. The Morgan fingerprint density at radius 1 is 1.30 bits per heavy atom. The maximum absolute atomic E-state index is 12.8. The molecule has 6 nitrogen and oxygen atoms in total. The van der Waals surface area contributed by atoms with Crippen LogP contribution in [0, 0.1) is 0 Å². The van der Waals surface area contributed by atoms with Crippen molar-refractivity contribution in [3.63, 3.8) is 0 Å². The molecule has 0 radical (unpaired) electrons. The van der Waals surface area contributed by atoms with Crippen molar-refractivity contribution in [1.29, 1.82) is 0 Å². The lowest BCUT2D eigenvalue weighted by molar-refractivity contribution is -0.144. The molecule has 1 aliphatic heterocycles. The molecule has 1 saturated heterocycles. The van der Waals surface area contributed by atoms with Crippen molar-refractivity contribution in [3.05, 3.63) is 30.3 Å². The lowest BCUT2D eigenvalue weighted by atomic mass is 10.2. The highest BCUT2D eigenvalue weighted by atomic mass is 16.5. The molecule has 1 fully saturated rings. The Labute approximate surface area is 137 Å². The van der Waals surface area contributed by atoms with Gasteiger partial charge in [0.1, 0.15) is 6.10 Å². The number of rotatable bonds is 5. The third-order valence-electron chi connectivity index (χ3n) is 3.83. The van der Waals surface area contributed by atoms with Gasteiger partial charge in [-0.1, -0.05) is 18.2 Å². The molecule has 0 bridgehead atoms. The van der Waals surface area contributed by atoms with Gasteiger partial charge in [0, 0.05) is 24.8 Å². The zero-order chi connectivity index (χ0) is 17.0. The van der Waals surface area contributed by atoms with Gasteiger partial charge in [0.2, 0.25) is 11.8 Å². The molecule has 2 N–H and O–H groups in total. The summed E-state index contributed by atoms with van der Waals surface area (Å²) >= 11 is 0. The molecule has 23 heavy (non-hydrogen) atoms. The molecular formula is C17H25N3O3. The largest absolute Gasteiger partial charge is 0.367 e. The van der Waals surface area contributed by atoms with E-state index in [-0.39, 0.29) is 24.6 Å². The highest BCUT2D eigenvalue weighted by molar-refractivity contribution is 5.95. The number of carbonyl (C=O) groups excluding carboxylic acids is 2. The van der Waals surface area contributed by atoms with Gasteiger partial charge < -0.3 is 15.4 Å². The number of morpholine rings is 1. The van der Waals surface area contributed by atoms with Gasteiger partial charge in [0.25, 0.3) is 0 Å². The average molecular weight is 319 g/mol. The molecule has 1 heterocycles. The fourth-order valence-corrected chi connectivity index (χ4v) is 2.91. The molecular weight excluding hydrogens is 294 g/mol. The number of ether oxygens (including phenoxy) is 1. The fraction of sp³-hybridized carbons (Fsp3) is 0.529. The molecule has 2 atom stereocenters. The van der Waals surface area contributed by atoms with Crippen LogP contribution in [0.3, 0.4) is 0 Å². The summed E-state index contributed by atoms with van der Waals surface area (Å²) < 4.78 is 5.51. The smallest absolute Gasteiger partial charge is 0.247 e. The van der Waals surface area contributed by atoms with Gasteiger partial charge in [-0.15, -0.1) is 0 Å². The number of anilines is 1. The Balaban J connectivity index is 2.08. The molecule has 2 rings (SSSR count). The summed E-state index contributed by atoms with van der Waals surface area (Å²) in [5, 5.41) is 0. The molecule has 126 valence electrons. The van der Waals surface area contributed by atoms with E-state index < -0.39 is 12.0 Å². The van der Waals surface area contributed by atoms with Gasteiger partial charge in [-0.25, -0.2) is 0 Å². The van der Waals surface area contributed by atoms with E-state index in [2.05, 4.69) is 0 Å². The molecule has 1 aromatic rings. The van der Waals surface area contributed by atoms with E-state index in [1.165, 1.54) is 0 Å². The summed E-state index contributed by atoms with van der Waals surface area (Å²) in [5.41, 5.74) is 6.21. The second kappa shape index (κ2) is 7.57. The van der Waals surface area contributed by atoms with Crippen LogP contribution in [0.15, 0.2) is 30.3 Å². The van der Waals surface area contributed by atoms with Crippen LogP contribution in [0.5, 0.6) is 0 Å². The molecule has 1 aromatic carbocycles. The van der Waals surface area contributed by atoms with E-state index in [4.69, 9.17) is 10.5 Å². The molecule has 0 saturated carbocycles. The third-order valence-corrected chi connectivity index (χ3v) is 3.83. The summed E-state index contributed by atoms with van der Waals surface area (Å²) in [7, 11) is 0. The first-order valence-corrected chi connectivity index (χ1v) is 7.92. The van der Waals surface area contributed by atoms with E-state index in [1.54, 1.807) is 4.90 Å². The van der Waals surface area contributed by atoms with Crippen molar-refractivity contribution in [2.75, 3.05) is 24.5 Å². The molecule has 6 heteroatoms. The number of amides is 2. The summed E-state index contributed by atoms with van der Waals surface area (Å²) in [6.07, 6.45) is -0.783. The summed E-state index contributed by atoms with van der Waals surface area (Å²) in [6, 6.07) is 9.65. The first kappa shape index (κ1) is 17.4. The van der Waals surface area contributed by atoms with E-state index in [1.807, 2.05) is 56.0 Å². The van der Waals surface area contributed by atoms with Crippen LogP contribution in [0.1, 0.15) is 20.8 Å². The number of carbonyl (C=O) groups is 2. The number of primary amides is 1. The predicted octanol–water partition coefficient (Wildman–Crippen LogP) is 1.00. The second-order valence-electron chi connectivity index (χ2n) is 6.22. The van der Waals surface area contributed by atoms with Crippen LogP contribution in [0.2, 0.25) is 0 Å². The number of hydrogen-bond acceptors (Lipinski definition) is 4. The molecule has 0 unspecified atom stereocenters. The van der Waals surface area contributed by atoms with Crippen molar-refractivity contribution < 1.29 is 14.3 Å². The predicted molar refractivity (Wildman–Crippen MR) is 89.0 cm³/mol. The topological polar surface area (TPSA) is 75.9 Å². The number of hydrogen-bond donors (Lipinski definition) is 1. The average Bonchev–Trinajstić information content (AvgIpc) is 2.47. The standard InChI is InChI=1S/C17H25N3O3/c1-12(2)20(14-7-5-4-6-8-14)16(21)11-19-9-13(3)23-15(10-19)17(18)22/h4-8,12-13,15H,9-11H2,1-3H3,(H2,18,22)/t13-,15-/m1/s1. The summed E-state index contributed by atoms with van der Waals surface area (Å²) in [6.45, 7) is 7.05. The number of para-hydroxylation sites is 1. The number of nitrogens with zero attached hydrogens (tertiary/aromatic N) is 2. The van der Waals surface area contributed by atoms with Crippen LogP contribution in [-0.2, 0) is 14.3 Å². The summed E-state index contributed by atoms with van der Waals surface area (Å²) in [5.74, 6) is -0.485. The molecule has 1 aliphatic rings. The van der Waals surface area contributed by atoms with Crippen molar-refractivity contribution in [2.24, 2.45) is 5.73 Å². The van der Waals surface area contributed by atoms with Crippen LogP contribution < -0.4 is 10.6 Å². The van der Waals surface area contributed by atoms with E-state index in [0.29, 0.717) is 13.1 Å². The fourth-order valence-electron chi connectivity index (χ4n) is 2.91. The Bertz CT molecular complexity index is 547. The number of nitrogens with two attached hydrogens (primary N) is 1. The third kappa shape index (κ3) is 4.53. The normalized spacial score (nSPS) is 22.1. The first-order chi connectivity index (χ1) is 10.9. The minimum atomic E-state index is -0.657. The van der Waals surface area contributed by atoms with E-state index in [9.17, 15) is 9.59 Å². The lowest BCUT2D eigenvalue weighted by Gasteiger charge is -2.36. The van der Waals surface area contributed by atoms with Crippen LogP contribution >= 0.6 is 0 Å². The molecule has 2 amide bonds. The highest BCUT2D eigenvalue weighted by Gasteiger charge is 2.31. The van der Waals surface area contributed by atoms with Gasteiger partial charge in [-0.2, -0.15) is 0 Å². The summed E-state index contributed by atoms with van der Waals surface area (Å²) in [4.78, 5) is 27.8. The SMILES string of the molecule is CC(C)N(C(=O)CN1C[C@@H](C)O[C@@H](C(N)=O)C1)c1ccccc1. The zero-order valence-electron chi connectivity index (χ0n) is 13.9. The molecule has 0 aliphatic carbocycles. The van der Waals surface area contributed by atoms with Crippen molar-refractivity contribution in [2.45, 2.75) is 39.0 Å². The van der Waals surface area contributed by atoms with Crippen LogP contribution in [-0.4, -0.2) is 54.6 Å². The molecule has 0 spiro atoms. The first-order valence-electron chi connectivity index (χ1n) is 7.92. The highest BCUT2D eigenvalue weighted by Crippen LogP contribution is 2.18. The lowest BCUT2D eigenvalue weighted by Crippen LogP contribution is -2.54. The van der Waals surface area contributed by atoms with Crippen molar-refractivity contribution in [1.82, 2.24) is 4.90 Å². The van der Waals surface area contributed by atoms with Gasteiger partial charge >= 0.3 is 0 Å². The van der Waals surface area contributed by atoms with Crippen molar-refractivity contribution in [3.8, 4) is 0 Å². The maximum Gasteiger partial charge on any atom is 0.247 e. The Morgan fingerprint density at radius 2 is 1.96 bits per heavy atom. The minimum Gasteiger partial charge on any atom is -0.367 e. The van der Waals surface area contributed by atoms with Gasteiger partial charge in [-0.05, 0) is 32.9 Å². The Hall–Kier alpha value is -1.92. The van der Waals surface area contributed by atoms with Crippen LogP contribution in [0.4, 0.5) is 5.69 Å². The van der Waals surface area contributed by atoms with Crippen LogP contribution in [0.25, 0.3) is 0 Å². The quantitative estimate of drug-likeness (QED) is 0.878. The van der Waals surface area contributed by atoms with Gasteiger partial charge in [0.15, 0.2) is 0 Å². The molecule has 0 aromatic heterocycles. The van der Waals surface area contributed by atoms with Gasteiger partial charge in [-0.3, -0.25) is 14.5 Å². The zero-order valence-corrected chi connectivity index (χ0v) is 13.9. The maximum atomic E-state index is 12.8. The minimum absolute atomic E-state index is 0.00326. The Morgan fingerprint density at radius 3 is 2.52 bits per heavy atom. The van der Waals surface area contributed by atoms with E-state index in [0.717, 1.165) is 5.69 Å².